The first-order valence-corrected chi connectivity index (χ1v) is 10.4. The summed E-state index contributed by atoms with van der Waals surface area (Å²) in [5.74, 6) is 1.02. The minimum Gasteiger partial charge on any atom is -0.396 e. The molecule has 4 heteroatoms. The second kappa shape index (κ2) is 7.27. The van der Waals surface area contributed by atoms with E-state index in [0.717, 1.165) is 32.1 Å². The van der Waals surface area contributed by atoms with Gasteiger partial charge in [0.1, 0.15) is 0 Å². The number of amides is 1. The van der Waals surface area contributed by atoms with Gasteiger partial charge in [-0.3, -0.25) is 4.79 Å². The maximum absolute atomic E-state index is 11.6. The van der Waals surface area contributed by atoms with Crippen molar-refractivity contribution < 1.29 is 15.0 Å². The van der Waals surface area contributed by atoms with E-state index >= 15 is 0 Å². The maximum Gasteiger partial charge on any atom is 0.216 e. The molecule has 0 bridgehead atoms. The molecule has 0 saturated heterocycles. The molecule has 1 fully saturated rings. The lowest BCUT2D eigenvalue weighted by molar-refractivity contribution is -0.119. The minimum atomic E-state index is -0.280. The van der Waals surface area contributed by atoms with Crippen LogP contribution < -0.4 is 5.32 Å². The van der Waals surface area contributed by atoms with Gasteiger partial charge in [-0.05, 0) is 67.6 Å². The van der Waals surface area contributed by atoms with Crippen molar-refractivity contribution in [2.45, 2.75) is 78.7 Å². The average Bonchev–Trinajstić information content (AvgIpc) is 2.90. The minimum absolute atomic E-state index is 0.0301. The van der Waals surface area contributed by atoms with Crippen molar-refractivity contribution in [3.63, 3.8) is 0 Å². The summed E-state index contributed by atoms with van der Waals surface area (Å²) in [6.45, 7) is 9.51. The van der Waals surface area contributed by atoms with Gasteiger partial charge in [0.25, 0.3) is 0 Å². The van der Waals surface area contributed by atoms with Crippen LogP contribution in [-0.4, -0.2) is 35.4 Å². The standard InChI is InChI=1S/C22H37NO3/c1-14(25)23-12-18-17-8-9-21(2,3)19(17)5-6-20(18)22(4)10-7-16(26)11-15(22)13-24/h15-16,18,20,24,26H,5-13H2,1-4H3,(H,23,25). The number of hydrogen-bond donors (Lipinski definition) is 3. The molecule has 1 saturated carbocycles. The molecule has 0 aromatic rings. The topological polar surface area (TPSA) is 69.6 Å². The summed E-state index contributed by atoms with van der Waals surface area (Å²) in [7, 11) is 0. The predicted molar refractivity (Wildman–Crippen MR) is 103 cm³/mol. The summed E-state index contributed by atoms with van der Waals surface area (Å²) in [5.41, 5.74) is 3.53. The van der Waals surface area contributed by atoms with Crippen LogP contribution in [0.1, 0.15) is 72.6 Å². The number of aliphatic hydroxyl groups is 2. The van der Waals surface area contributed by atoms with Crippen LogP contribution in [0.5, 0.6) is 0 Å². The van der Waals surface area contributed by atoms with E-state index in [2.05, 4.69) is 26.1 Å². The molecule has 3 aliphatic rings. The number of aliphatic hydroxyl groups excluding tert-OH is 2. The van der Waals surface area contributed by atoms with E-state index in [1.807, 2.05) is 0 Å². The highest BCUT2D eigenvalue weighted by Crippen LogP contribution is 2.59. The van der Waals surface area contributed by atoms with E-state index in [0.29, 0.717) is 24.8 Å². The zero-order chi connectivity index (χ0) is 19.1. The van der Waals surface area contributed by atoms with Crippen LogP contribution >= 0.6 is 0 Å². The molecular formula is C22H37NO3. The first kappa shape index (κ1) is 19.9. The molecule has 26 heavy (non-hydrogen) atoms. The molecule has 0 aromatic carbocycles. The Kier molecular flexibility index (Phi) is 5.56. The molecule has 0 heterocycles. The van der Waals surface area contributed by atoms with Crippen LogP contribution in [0.25, 0.3) is 0 Å². The summed E-state index contributed by atoms with van der Waals surface area (Å²) in [6.07, 6.45) is 6.85. The SMILES string of the molecule is CC(=O)NCC1C2=C(CCC1C1(C)CCC(O)CC1CO)C(C)(C)CC2. The Morgan fingerprint density at radius 3 is 2.58 bits per heavy atom. The number of carbonyl (C=O) groups is 1. The second-order valence-corrected chi connectivity index (χ2v) is 9.89. The maximum atomic E-state index is 11.6. The lowest BCUT2D eigenvalue weighted by Gasteiger charge is -2.52. The predicted octanol–water partition coefficient (Wildman–Crippen LogP) is 3.42. The molecule has 4 nitrogen and oxygen atoms in total. The Bertz CT molecular complexity index is 582. The Labute approximate surface area is 158 Å². The molecule has 0 aliphatic heterocycles. The zero-order valence-electron chi connectivity index (χ0n) is 17.0. The average molecular weight is 364 g/mol. The van der Waals surface area contributed by atoms with Crippen LogP contribution in [0.3, 0.4) is 0 Å². The quantitative estimate of drug-likeness (QED) is 0.670. The monoisotopic (exact) mass is 363 g/mol. The molecule has 148 valence electrons. The van der Waals surface area contributed by atoms with Gasteiger partial charge in [-0.2, -0.15) is 0 Å². The number of nitrogens with one attached hydrogen (secondary N) is 1. The lowest BCUT2D eigenvalue weighted by atomic mass is 9.53. The van der Waals surface area contributed by atoms with E-state index in [1.165, 1.54) is 6.42 Å². The van der Waals surface area contributed by atoms with Gasteiger partial charge in [0.2, 0.25) is 5.91 Å². The molecule has 0 aromatic heterocycles. The second-order valence-electron chi connectivity index (χ2n) is 9.89. The summed E-state index contributed by atoms with van der Waals surface area (Å²) < 4.78 is 0. The summed E-state index contributed by atoms with van der Waals surface area (Å²) in [4.78, 5) is 11.6. The van der Waals surface area contributed by atoms with Crippen molar-refractivity contribution in [3.8, 4) is 0 Å². The molecule has 0 spiro atoms. The fourth-order valence-corrected chi connectivity index (χ4v) is 6.31. The lowest BCUT2D eigenvalue weighted by Crippen LogP contribution is -2.49. The highest BCUT2D eigenvalue weighted by atomic mass is 16.3. The molecule has 3 rings (SSSR count). The first-order valence-electron chi connectivity index (χ1n) is 10.4. The third-order valence-electron chi connectivity index (χ3n) is 8.01. The normalized spacial score (nSPS) is 39.6. The Balaban J connectivity index is 1.93. The van der Waals surface area contributed by atoms with Crippen LogP contribution in [0.15, 0.2) is 11.1 Å². The van der Waals surface area contributed by atoms with Gasteiger partial charge in [0, 0.05) is 26.0 Å². The fourth-order valence-electron chi connectivity index (χ4n) is 6.31. The van der Waals surface area contributed by atoms with Gasteiger partial charge in [-0.1, -0.05) is 31.9 Å². The molecule has 5 atom stereocenters. The van der Waals surface area contributed by atoms with Crippen molar-refractivity contribution in [2.75, 3.05) is 13.2 Å². The Morgan fingerprint density at radius 1 is 1.19 bits per heavy atom. The molecule has 5 unspecified atom stereocenters. The van der Waals surface area contributed by atoms with E-state index < -0.39 is 0 Å². The van der Waals surface area contributed by atoms with Gasteiger partial charge in [-0.15, -0.1) is 0 Å². The van der Waals surface area contributed by atoms with Gasteiger partial charge < -0.3 is 15.5 Å². The summed E-state index contributed by atoms with van der Waals surface area (Å²) >= 11 is 0. The summed E-state index contributed by atoms with van der Waals surface area (Å²) in [6, 6.07) is 0. The van der Waals surface area contributed by atoms with Crippen LogP contribution in [0, 0.1) is 28.6 Å². The molecule has 3 aliphatic carbocycles. The van der Waals surface area contributed by atoms with Crippen LogP contribution in [-0.2, 0) is 4.79 Å². The third-order valence-corrected chi connectivity index (χ3v) is 8.01. The number of hydrogen-bond acceptors (Lipinski definition) is 3. The zero-order valence-corrected chi connectivity index (χ0v) is 17.0. The summed E-state index contributed by atoms with van der Waals surface area (Å²) in [5, 5.41) is 23.3. The number of rotatable bonds is 4. The number of carbonyl (C=O) groups excluding carboxylic acids is 1. The van der Waals surface area contributed by atoms with E-state index in [-0.39, 0.29) is 35.4 Å². The number of allylic oxidation sites excluding steroid dienone is 1. The Morgan fingerprint density at radius 2 is 1.92 bits per heavy atom. The smallest absolute Gasteiger partial charge is 0.216 e. The largest absolute Gasteiger partial charge is 0.396 e. The molecule has 1 amide bonds. The molecular weight excluding hydrogens is 326 g/mol. The van der Waals surface area contributed by atoms with E-state index in [9.17, 15) is 15.0 Å². The highest BCUT2D eigenvalue weighted by Gasteiger charge is 2.51. The molecule has 3 N–H and O–H groups in total. The van der Waals surface area contributed by atoms with Gasteiger partial charge in [0.05, 0.1) is 6.10 Å². The van der Waals surface area contributed by atoms with E-state index in [4.69, 9.17) is 0 Å². The van der Waals surface area contributed by atoms with Gasteiger partial charge in [0.15, 0.2) is 0 Å². The highest BCUT2D eigenvalue weighted by molar-refractivity contribution is 5.72. The van der Waals surface area contributed by atoms with Gasteiger partial charge >= 0.3 is 0 Å². The van der Waals surface area contributed by atoms with Crippen molar-refractivity contribution >= 4 is 5.91 Å². The van der Waals surface area contributed by atoms with Crippen molar-refractivity contribution in [1.29, 1.82) is 0 Å². The van der Waals surface area contributed by atoms with Crippen molar-refractivity contribution in [2.24, 2.45) is 28.6 Å². The molecule has 0 radical (unpaired) electrons. The van der Waals surface area contributed by atoms with Gasteiger partial charge in [-0.25, -0.2) is 0 Å². The Hall–Kier alpha value is -0.870. The van der Waals surface area contributed by atoms with Crippen molar-refractivity contribution in [3.05, 3.63) is 11.1 Å². The first-order chi connectivity index (χ1) is 12.2. The van der Waals surface area contributed by atoms with Crippen LogP contribution in [0.2, 0.25) is 0 Å². The van der Waals surface area contributed by atoms with E-state index in [1.54, 1.807) is 18.1 Å². The third kappa shape index (κ3) is 3.47. The van der Waals surface area contributed by atoms with Crippen molar-refractivity contribution in [1.82, 2.24) is 5.32 Å². The fraction of sp³-hybridized carbons (Fsp3) is 0.864. The van der Waals surface area contributed by atoms with Crippen LogP contribution in [0.4, 0.5) is 0 Å².